The number of H-pyrrole nitrogens is 1. The van der Waals surface area contributed by atoms with Crippen molar-refractivity contribution in [2.24, 2.45) is 5.92 Å². The monoisotopic (exact) mass is 252 g/mol. The average Bonchev–Trinajstić information content (AvgIpc) is 3.13. The Labute approximate surface area is 105 Å². The number of aromatic amines is 1. The summed E-state index contributed by atoms with van der Waals surface area (Å²) in [4.78, 5) is 25.7. The van der Waals surface area contributed by atoms with E-state index in [1.54, 1.807) is 0 Å². The van der Waals surface area contributed by atoms with E-state index in [-0.39, 0.29) is 11.9 Å². The Morgan fingerprint density at radius 2 is 2.17 bits per heavy atom. The van der Waals surface area contributed by atoms with Crippen LogP contribution in [-0.2, 0) is 6.54 Å². The van der Waals surface area contributed by atoms with Crippen molar-refractivity contribution in [1.82, 2.24) is 9.55 Å². The van der Waals surface area contributed by atoms with Gasteiger partial charge in [-0.3, -0.25) is 14.3 Å². The minimum Gasteiger partial charge on any atom is -0.383 e. The van der Waals surface area contributed by atoms with Crippen molar-refractivity contribution in [3.05, 3.63) is 20.8 Å². The third kappa shape index (κ3) is 2.42. The van der Waals surface area contributed by atoms with Crippen molar-refractivity contribution in [1.29, 1.82) is 0 Å². The van der Waals surface area contributed by atoms with E-state index in [4.69, 9.17) is 5.73 Å². The normalized spacial score (nSPS) is 16.6. The number of aromatic nitrogens is 2. The molecule has 6 heteroatoms. The van der Waals surface area contributed by atoms with E-state index >= 15 is 0 Å². The molecule has 1 aromatic heterocycles. The second kappa shape index (κ2) is 4.88. The molecule has 1 heterocycles. The molecule has 1 aliphatic rings. The minimum absolute atomic E-state index is 0.209. The first kappa shape index (κ1) is 12.7. The second-order valence-electron chi connectivity index (χ2n) is 4.94. The number of rotatable bonds is 5. The van der Waals surface area contributed by atoms with Crippen molar-refractivity contribution in [3.8, 4) is 0 Å². The van der Waals surface area contributed by atoms with E-state index in [0.717, 1.165) is 6.42 Å². The van der Waals surface area contributed by atoms with Gasteiger partial charge in [0.15, 0.2) is 0 Å². The molecule has 0 spiro atoms. The predicted octanol–water partition coefficient (Wildman–Crippen LogP) is 0.739. The summed E-state index contributed by atoms with van der Waals surface area (Å²) < 4.78 is 1.41. The lowest BCUT2D eigenvalue weighted by Gasteiger charge is -2.17. The molecule has 100 valence electrons. The van der Waals surface area contributed by atoms with E-state index in [9.17, 15) is 9.59 Å². The summed E-state index contributed by atoms with van der Waals surface area (Å²) in [7, 11) is 0. The van der Waals surface area contributed by atoms with Crippen LogP contribution in [0.4, 0.5) is 11.5 Å². The zero-order valence-corrected chi connectivity index (χ0v) is 10.8. The third-order valence-electron chi connectivity index (χ3n) is 3.39. The highest BCUT2D eigenvalue weighted by Gasteiger charge is 2.29. The van der Waals surface area contributed by atoms with Crippen LogP contribution in [0.2, 0.25) is 0 Å². The number of nitrogens with one attached hydrogen (secondary N) is 2. The van der Waals surface area contributed by atoms with Gasteiger partial charge in [0.1, 0.15) is 11.5 Å². The first-order valence-electron chi connectivity index (χ1n) is 6.43. The summed E-state index contributed by atoms with van der Waals surface area (Å²) in [6.45, 7) is 4.50. The van der Waals surface area contributed by atoms with E-state index in [1.807, 2.05) is 13.8 Å². The third-order valence-corrected chi connectivity index (χ3v) is 3.39. The predicted molar refractivity (Wildman–Crippen MR) is 71.8 cm³/mol. The summed E-state index contributed by atoms with van der Waals surface area (Å²) in [5, 5.41) is 3.14. The van der Waals surface area contributed by atoms with E-state index < -0.39 is 11.2 Å². The molecular weight excluding hydrogens is 232 g/mol. The summed E-state index contributed by atoms with van der Waals surface area (Å²) in [6, 6.07) is 0.209. The van der Waals surface area contributed by atoms with Crippen LogP contribution >= 0.6 is 0 Å². The number of nitrogen functional groups attached to an aromatic ring is 1. The number of hydrogen-bond donors (Lipinski definition) is 3. The number of nitrogens with zero attached hydrogens (tertiary/aromatic N) is 1. The Hall–Kier alpha value is -1.72. The molecule has 0 amide bonds. The smallest absolute Gasteiger partial charge is 0.330 e. The zero-order chi connectivity index (χ0) is 13.3. The van der Waals surface area contributed by atoms with Gasteiger partial charge in [0, 0.05) is 12.6 Å². The van der Waals surface area contributed by atoms with Crippen molar-refractivity contribution in [3.63, 3.8) is 0 Å². The lowest BCUT2D eigenvalue weighted by Crippen LogP contribution is -2.35. The average molecular weight is 252 g/mol. The summed E-state index contributed by atoms with van der Waals surface area (Å²) in [5.74, 6) is 0.841. The van der Waals surface area contributed by atoms with Crippen molar-refractivity contribution >= 4 is 11.5 Å². The maximum absolute atomic E-state index is 11.8. The molecule has 0 bridgehead atoms. The zero-order valence-electron chi connectivity index (χ0n) is 10.8. The van der Waals surface area contributed by atoms with Crippen LogP contribution in [0.5, 0.6) is 0 Å². The topological polar surface area (TPSA) is 92.9 Å². The quantitative estimate of drug-likeness (QED) is 0.720. The lowest BCUT2D eigenvalue weighted by molar-refractivity contribution is 0.637. The van der Waals surface area contributed by atoms with E-state index in [2.05, 4.69) is 10.3 Å². The van der Waals surface area contributed by atoms with Gasteiger partial charge in [-0.15, -0.1) is 0 Å². The fraction of sp³-hybridized carbons (Fsp3) is 0.667. The fourth-order valence-corrected chi connectivity index (χ4v) is 2.11. The standard InChI is InChI=1S/C12H20N4O2/c1-3-6-16-10(13)9(11(17)15-12(16)18)14-7(2)8-4-5-8/h7-8,14H,3-6,13H2,1-2H3,(H,15,17,18). The highest BCUT2D eigenvalue weighted by molar-refractivity contribution is 5.61. The molecule has 1 atom stereocenters. The molecule has 1 unspecified atom stereocenters. The fourth-order valence-electron chi connectivity index (χ4n) is 2.11. The van der Waals surface area contributed by atoms with Crippen LogP contribution in [0.15, 0.2) is 9.59 Å². The molecule has 6 nitrogen and oxygen atoms in total. The minimum atomic E-state index is -0.441. The van der Waals surface area contributed by atoms with Crippen molar-refractivity contribution in [2.45, 2.75) is 45.7 Å². The molecular formula is C12H20N4O2. The van der Waals surface area contributed by atoms with Gasteiger partial charge in [-0.2, -0.15) is 0 Å². The van der Waals surface area contributed by atoms with Gasteiger partial charge in [0.05, 0.1) is 0 Å². The van der Waals surface area contributed by atoms with E-state index in [1.165, 1.54) is 17.4 Å². The lowest BCUT2D eigenvalue weighted by atomic mass is 10.2. The van der Waals surface area contributed by atoms with Crippen molar-refractivity contribution in [2.75, 3.05) is 11.1 Å². The molecule has 1 fully saturated rings. The number of hydrogen-bond acceptors (Lipinski definition) is 4. The molecule has 0 aromatic carbocycles. The highest BCUT2D eigenvalue weighted by Crippen LogP contribution is 2.34. The summed E-state index contributed by atoms with van der Waals surface area (Å²) in [5.41, 5.74) is 5.37. The molecule has 1 aliphatic carbocycles. The van der Waals surface area contributed by atoms with Crippen LogP contribution in [0, 0.1) is 5.92 Å². The Morgan fingerprint density at radius 1 is 1.50 bits per heavy atom. The van der Waals surface area contributed by atoms with Gasteiger partial charge in [-0.1, -0.05) is 6.92 Å². The van der Waals surface area contributed by atoms with Crippen LogP contribution in [-0.4, -0.2) is 15.6 Å². The Kier molecular flexibility index (Phi) is 3.45. The summed E-state index contributed by atoms with van der Waals surface area (Å²) >= 11 is 0. The Bertz CT molecular complexity index is 542. The highest BCUT2D eigenvalue weighted by atomic mass is 16.2. The first-order valence-corrected chi connectivity index (χ1v) is 6.43. The van der Waals surface area contributed by atoms with Crippen LogP contribution in [0.1, 0.15) is 33.1 Å². The maximum Gasteiger partial charge on any atom is 0.330 e. The van der Waals surface area contributed by atoms with Gasteiger partial charge < -0.3 is 11.1 Å². The Morgan fingerprint density at radius 3 is 2.72 bits per heavy atom. The van der Waals surface area contributed by atoms with Crippen LogP contribution in [0.3, 0.4) is 0 Å². The first-order chi connectivity index (χ1) is 8.54. The molecule has 0 saturated heterocycles. The molecule has 0 aliphatic heterocycles. The maximum atomic E-state index is 11.8. The molecule has 0 radical (unpaired) electrons. The molecule has 1 saturated carbocycles. The molecule has 2 rings (SSSR count). The second-order valence-corrected chi connectivity index (χ2v) is 4.94. The van der Waals surface area contributed by atoms with Gasteiger partial charge in [-0.05, 0) is 32.1 Å². The van der Waals surface area contributed by atoms with Gasteiger partial charge in [0.2, 0.25) is 0 Å². The van der Waals surface area contributed by atoms with E-state index in [0.29, 0.717) is 18.2 Å². The number of nitrogens with two attached hydrogens (primary N) is 1. The number of anilines is 2. The van der Waals surface area contributed by atoms with Crippen LogP contribution in [0.25, 0.3) is 0 Å². The molecule has 18 heavy (non-hydrogen) atoms. The summed E-state index contributed by atoms with van der Waals surface area (Å²) in [6.07, 6.45) is 3.15. The van der Waals surface area contributed by atoms with Crippen LogP contribution < -0.4 is 22.3 Å². The van der Waals surface area contributed by atoms with Crippen molar-refractivity contribution < 1.29 is 0 Å². The van der Waals surface area contributed by atoms with Gasteiger partial charge >= 0.3 is 5.69 Å². The Balaban J connectivity index is 2.36. The SMILES string of the molecule is CCCn1c(N)c(NC(C)C2CC2)c(=O)[nH]c1=O. The van der Waals surface area contributed by atoms with Gasteiger partial charge in [-0.25, -0.2) is 4.79 Å². The largest absolute Gasteiger partial charge is 0.383 e. The molecule has 4 N–H and O–H groups in total. The van der Waals surface area contributed by atoms with Gasteiger partial charge in [0.25, 0.3) is 5.56 Å². The molecule has 1 aromatic rings.